The van der Waals surface area contributed by atoms with Gasteiger partial charge in [-0.15, -0.1) is 0 Å². The molecular formula is C22H19NO4S. The van der Waals surface area contributed by atoms with Gasteiger partial charge in [0.1, 0.15) is 0 Å². The van der Waals surface area contributed by atoms with Crippen LogP contribution in [-0.4, -0.2) is 30.3 Å². The lowest BCUT2D eigenvalue weighted by Crippen LogP contribution is -2.36. The van der Waals surface area contributed by atoms with Gasteiger partial charge in [0.25, 0.3) is 0 Å². The first-order valence-electron chi connectivity index (χ1n) is 8.96. The van der Waals surface area contributed by atoms with Crippen LogP contribution >= 0.6 is 0 Å². The van der Waals surface area contributed by atoms with E-state index < -0.39 is 16.0 Å². The van der Waals surface area contributed by atoms with Gasteiger partial charge in [0.15, 0.2) is 0 Å². The molecule has 4 rings (SSSR count). The number of carboxylic acid groups (broad SMARTS) is 1. The summed E-state index contributed by atoms with van der Waals surface area (Å²) >= 11 is 0. The quantitative estimate of drug-likeness (QED) is 0.732. The first-order valence-corrected chi connectivity index (χ1v) is 10.4. The SMILES string of the molecule is O=C(O)c1ccc2c(c1)CN(S(=O)(=O)c1ccc(-c3ccccc3)cc1)CC2. The summed E-state index contributed by atoms with van der Waals surface area (Å²) in [5.74, 6) is -1.01. The van der Waals surface area contributed by atoms with Gasteiger partial charge in [-0.1, -0.05) is 48.5 Å². The predicted molar refractivity (Wildman–Crippen MR) is 107 cm³/mol. The highest BCUT2D eigenvalue weighted by atomic mass is 32.2. The highest BCUT2D eigenvalue weighted by Crippen LogP contribution is 2.27. The van der Waals surface area contributed by atoms with Crippen molar-refractivity contribution in [3.8, 4) is 11.1 Å². The standard InChI is InChI=1S/C22H19NO4S/c24-22(25)19-7-6-18-12-13-23(15-20(18)14-19)28(26,27)21-10-8-17(9-11-21)16-4-2-1-3-5-16/h1-11,14H,12-13,15H2,(H,24,25). The molecule has 0 saturated heterocycles. The fourth-order valence-corrected chi connectivity index (χ4v) is 4.89. The van der Waals surface area contributed by atoms with Gasteiger partial charge in [-0.3, -0.25) is 0 Å². The zero-order chi connectivity index (χ0) is 19.7. The minimum Gasteiger partial charge on any atom is -0.478 e. The number of rotatable bonds is 4. The Morgan fingerprint density at radius 1 is 0.857 bits per heavy atom. The Bertz CT molecular complexity index is 1120. The van der Waals surface area contributed by atoms with Crippen LogP contribution in [0, 0.1) is 0 Å². The molecule has 3 aromatic carbocycles. The molecule has 0 saturated carbocycles. The molecule has 1 N–H and O–H groups in total. The van der Waals surface area contributed by atoms with E-state index >= 15 is 0 Å². The van der Waals surface area contributed by atoms with E-state index in [4.69, 9.17) is 0 Å². The van der Waals surface area contributed by atoms with Crippen molar-refractivity contribution in [2.45, 2.75) is 17.9 Å². The van der Waals surface area contributed by atoms with Crippen molar-refractivity contribution in [3.05, 3.63) is 89.5 Å². The molecule has 5 nitrogen and oxygen atoms in total. The lowest BCUT2D eigenvalue weighted by molar-refractivity contribution is 0.0696. The second-order valence-electron chi connectivity index (χ2n) is 6.77. The maximum atomic E-state index is 13.1. The molecule has 1 aliphatic heterocycles. The van der Waals surface area contributed by atoms with E-state index in [2.05, 4.69) is 0 Å². The fourth-order valence-electron chi connectivity index (χ4n) is 3.47. The van der Waals surface area contributed by atoms with Gasteiger partial charge in [0.2, 0.25) is 10.0 Å². The van der Waals surface area contributed by atoms with E-state index in [9.17, 15) is 18.3 Å². The lowest BCUT2D eigenvalue weighted by Gasteiger charge is -2.28. The average Bonchev–Trinajstić information content (AvgIpc) is 2.73. The molecule has 0 bridgehead atoms. The number of carboxylic acids is 1. The molecule has 1 heterocycles. The number of nitrogens with zero attached hydrogens (tertiary/aromatic N) is 1. The summed E-state index contributed by atoms with van der Waals surface area (Å²) in [5.41, 5.74) is 3.89. The third-order valence-electron chi connectivity index (χ3n) is 5.03. The first kappa shape index (κ1) is 18.4. The van der Waals surface area contributed by atoms with Crippen LogP contribution in [0.25, 0.3) is 11.1 Å². The molecule has 0 radical (unpaired) electrons. The number of hydrogen-bond acceptors (Lipinski definition) is 3. The molecule has 3 aromatic rings. The smallest absolute Gasteiger partial charge is 0.335 e. The molecule has 0 amide bonds. The van der Waals surface area contributed by atoms with Crippen LogP contribution in [-0.2, 0) is 23.0 Å². The Balaban J connectivity index is 1.60. The van der Waals surface area contributed by atoms with Gasteiger partial charge in [-0.2, -0.15) is 4.31 Å². The van der Waals surface area contributed by atoms with E-state index in [-0.39, 0.29) is 17.0 Å². The van der Waals surface area contributed by atoms with Crippen LogP contribution in [0.15, 0.2) is 77.7 Å². The molecule has 28 heavy (non-hydrogen) atoms. The Kier molecular flexibility index (Phi) is 4.75. The molecule has 1 aliphatic rings. The van der Waals surface area contributed by atoms with E-state index in [1.165, 1.54) is 4.31 Å². The molecular weight excluding hydrogens is 374 g/mol. The summed E-state index contributed by atoms with van der Waals surface area (Å²) in [7, 11) is -3.65. The Hall–Kier alpha value is -2.96. The third kappa shape index (κ3) is 3.44. The van der Waals surface area contributed by atoms with Crippen molar-refractivity contribution in [3.63, 3.8) is 0 Å². The van der Waals surface area contributed by atoms with Crippen LogP contribution in [0.4, 0.5) is 0 Å². The maximum absolute atomic E-state index is 13.1. The van der Waals surface area contributed by atoms with Crippen molar-refractivity contribution in [2.75, 3.05) is 6.54 Å². The molecule has 0 unspecified atom stereocenters. The summed E-state index contributed by atoms with van der Waals surface area (Å²) in [6.07, 6.45) is 0.566. The number of sulfonamides is 1. The van der Waals surface area contributed by atoms with E-state index in [1.54, 1.807) is 30.3 Å². The number of benzene rings is 3. The topological polar surface area (TPSA) is 74.7 Å². The molecule has 0 atom stereocenters. The van der Waals surface area contributed by atoms with Gasteiger partial charge in [-0.25, -0.2) is 13.2 Å². The van der Waals surface area contributed by atoms with Gasteiger partial charge in [0, 0.05) is 13.1 Å². The molecule has 0 spiro atoms. The minimum absolute atomic E-state index is 0.171. The Morgan fingerprint density at radius 3 is 2.21 bits per heavy atom. The van der Waals surface area contributed by atoms with Crippen LogP contribution in [0.5, 0.6) is 0 Å². The Labute approximate surface area is 163 Å². The number of carbonyl (C=O) groups is 1. The van der Waals surface area contributed by atoms with Gasteiger partial charge < -0.3 is 5.11 Å². The van der Waals surface area contributed by atoms with Crippen molar-refractivity contribution < 1.29 is 18.3 Å². The first-order chi connectivity index (χ1) is 13.4. The summed E-state index contributed by atoms with van der Waals surface area (Å²) in [5, 5.41) is 9.18. The number of fused-ring (bicyclic) bond motifs is 1. The summed E-state index contributed by atoms with van der Waals surface area (Å²) in [6, 6.07) is 21.5. The average molecular weight is 393 g/mol. The van der Waals surface area contributed by atoms with Crippen LogP contribution < -0.4 is 0 Å². The summed E-state index contributed by atoms with van der Waals surface area (Å²) in [6.45, 7) is 0.557. The summed E-state index contributed by atoms with van der Waals surface area (Å²) in [4.78, 5) is 11.4. The third-order valence-corrected chi connectivity index (χ3v) is 6.89. The van der Waals surface area contributed by atoms with Gasteiger partial charge in [-0.05, 0) is 52.9 Å². The normalized spacial score (nSPS) is 14.4. The molecule has 0 aliphatic carbocycles. The van der Waals surface area contributed by atoms with E-state index in [0.717, 1.165) is 22.3 Å². The Morgan fingerprint density at radius 2 is 1.54 bits per heavy atom. The molecule has 0 aromatic heterocycles. The van der Waals surface area contributed by atoms with Crippen molar-refractivity contribution in [2.24, 2.45) is 0 Å². The van der Waals surface area contributed by atoms with Crippen LogP contribution in [0.1, 0.15) is 21.5 Å². The molecule has 6 heteroatoms. The summed E-state index contributed by atoms with van der Waals surface area (Å²) < 4.78 is 27.6. The van der Waals surface area contributed by atoms with Crippen LogP contribution in [0.2, 0.25) is 0 Å². The lowest BCUT2D eigenvalue weighted by atomic mass is 9.99. The molecule has 0 fully saturated rings. The number of aromatic carboxylic acids is 1. The highest BCUT2D eigenvalue weighted by molar-refractivity contribution is 7.89. The van der Waals surface area contributed by atoms with Gasteiger partial charge >= 0.3 is 5.97 Å². The highest BCUT2D eigenvalue weighted by Gasteiger charge is 2.28. The van der Waals surface area contributed by atoms with Crippen LogP contribution in [0.3, 0.4) is 0 Å². The fraction of sp³-hybridized carbons (Fsp3) is 0.136. The van der Waals surface area contributed by atoms with Gasteiger partial charge in [0.05, 0.1) is 10.5 Å². The van der Waals surface area contributed by atoms with Crippen molar-refractivity contribution in [1.82, 2.24) is 4.31 Å². The monoisotopic (exact) mass is 393 g/mol. The number of hydrogen-bond donors (Lipinski definition) is 1. The maximum Gasteiger partial charge on any atom is 0.335 e. The predicted octanol–water partition coefficient (Wildman–Crippen LogP) is 3.80. The second kappa shape index (κ2) is 7.22. The van der Waals surface area contributed by atoms with Crippen molar-refractivity contribution in [1.29, 1.82) is 0 Å². The molecule has 142 valence electrons. The van der Waals surface area contributed by atoms with E-state index in [0.29, 0.717) is 13.0 Å². The second-order valence-corrected chi connectivity index (χ2v) is 8.71. The zero-order valence-electron chi connectivity index (χ0n) is 15.1. The largest absolute Gasteiger partial charge is 0.478 e. The minimum atomic E-state index is -3.65. The zero-order valence-corrected chi connectivity index (χ0v) is 15.9. The van der Waals surface area contributed by atoms with Crippen molar-refractivity contribution >= 4 is 16.0 Å². The van der Waals surface area contributed by atoms with E-state index in [1.807, 2.05) is 42.5 Å².